The molecule has 0 aromatic heterocycles. The molecule has 2 aromatic carbocycles. The van der Waals surface area contributed by atoms with Crippen LogP contribution in [0.5, 0.6) is 0 Å². The summed E-state index contributed by atoms with van der Waals surface area (Å²) in [5, 5.41) is 20.7. The van der Waals surface area contributed by atoms with Crippen LogP contribution in [0.3, 0.4) is 0 Å². The van der Waals surface area contributed by atoms with E-state index in [0.29, 0.717) is 26.2 Å². The van der Waals surface area contributed by atoms with Crippen molar-refractivity contribution in [3.8, 4) is 0 Å². The number of anilines is 1. The second-order valence-electron chi connectivity index (χ2n) is 8.41. The minimum absolute atomic E-state index is 0.0783. The van der Waals surface area contributed by atoms with Gasteiger partial charge in [-0.25, -0.2) is 17.5 Å². The third kappa shape index (κ3) is 5.56. The van der Waals surface area contributed by atoms with Gasteiger partial charge in [-0.1, -0.05) is 18.2 Å². The maximum Gasteiger partial charge on any atom is 0.240 e. The van der Waals surface area contributed by atoms with Crippen molar-refractivity contribution in [1.82, 2.24) is 9.62 Å². The first-order valence-electron chi connectivity index (χ1n) is 11.1. The molecule has 184 valence electrons. The Labute approximate surface area is 197 Å². The fourth-order valence-electron chi connectivity index (χ4n) is 4.21. The number of rotatable bonds is 7. The zero-order valence-corrected chi connectivity index (χ0v) is 19.3. The first-order valence-corrected chi connectivity index (χ1v) is 12.6. The molecule has 2 heterocycles. The number of sulfonamides is 1. The highest BCUT2D eigenvalue weighted by Gasteiger charge is 2.44. The number of amides is 1. The number of carbonyl (C=O) groups excluding carboxylic acids is 1. The Hall–Kier alpha value is -2.57. The number of nitrogens with zero attached hydrogens (tertiary/aromatic N) is 2. The van der Waals surface area contributed by atoms with E-state index in [4.69, 9.17) is 4.74 Å². The number of aliphatic hydroxyl groups excluding tert-OH is 2. The quantitative estimate of drug-likeness (QED) is 0.509. The first kappa shape index (κ1) is 24.6. The predicted octanol–water partition coefficient (Wildman–Crippen LogP) is 0.332. The molecular weight excluding hydrogens is 465 g/mol. The Morgan fingerprint density at radius 3 is 2.24 bits per heavy atom. The lowest BCUT2D eigenvalue weighted by molar-refractivity contribution is -0.135. The molecule has 0 bridgehead atoms. The van der Waals surface area contributed by atoms with Crippen molar-refractivity contribution in [2.24, 2.45) is 0 Å². The van der Waals surface area contributed by atoms with Gasteiger partial charge in [-0.05, 0) is 36.4 Å². The summed E-state index contributed by atoms with van der Waals surface area (Å²) in [6.07, 6.45) is -4.69. The van der Waals surface area contributed by atoms with Gasteiger partial charge in [-0.2, -0.15) is 0 Å². The van der Waals surface area contributed by atoms with Crippen LogP contribution in [0.2, 0.25) is 0 Å². The Kier molecular flexibility index (Phi) is 7.48. The molecule has 2 saturated heterocycles. The van der Waals surface area contributed by atoms with Gasteiger partial charge < -0.3 is 24.7 Å². The molecular formula is C23H28FN3O6S. The number of aliphatic hydroxyl groups is 2. The minimum Gasteiger partial charge on any atom is -0.388 e. The molecule has 3 N–H and O–H groups in total. The smallest absolute Gasteiger partial charge is 0.240 e. The van der Waals surface area contributed by atoms with E-state index in [0.717, 1.165) is 5.69 Å². The molecule has 1 amide bonds. The number of hydrogen-bond acceptors (Lipinski definition) is 7. The van der Waals surface area contributed by atoms with Crippen LogP contribution in [-0.4, -0.2) is 86.6 Å². The molecule has 0 saturated carbocycles. The summed E-state index contributed by atoms with van der Waals surface area (Å²) in [5.41, 5.74) is 0.881. The average Bonchev–Trinajstić information content (AvgIpc) is 3.12. The molecule has 9 nitrogen and oxygen atoms in total. The second-order valence-corrected chi connectivity index (χ2v) is 10.2. The summed E-state index contributed by atoms with van der Waals surface area (Å²) in [5.74, 6) is -0.526. The van der Waals surface area contributed by atoms with E-state index in [-0.39, 0.29) is 29.6 Å². The van der Waals surface area contributed by atoms with Gasteiger partial charge in [0.1, 0.15) is 24.1 Å². The van der Waals surface area contributed by atoms with Crippen LogP contribution >= 0.6 is 0 Å². The van der Waals surface area contributed by atoms with Crippen molar-refractivity contribution in [3.05, 3.63) is 60.4 Å². The van der Waals surface area contributed by atoms with Gasteiger partial charge in [0.05, 0.1) is 17.4 Å². The summed E-state index contributed by atoms with van der Waals surface area (Å²) in [4.78, 5) is 16.6. The molecule has 0 aliphatic carbocycles. The van der Waals surface area contributed by atoms with Crippen LogP contribution in [-0.2, 0) is 19.6 Å². The summed E-state index contributed by atoms with van der Waals surface area (Å²) in [6.45, 7) is 1.84. The van der Waals surface area contributed by atoms with E-state index in [9.17, 15) is 27.8 Å². The van der Waals surface area contributed by atoms with Crippen molar-refractivity contribution in [2.45, 2.75) is 35.7 Å². The lowest BCUT2D eigenvalue weighted by atomic mass is 10.0. The first-order chi connectivity index (χ1) is 16.2. The summed E-state index contributed by atoms with van der Waals surface area (Å²) < 4.78 is 46.0. The van der Waals surface area contributed by atoms with Gasteiger partial charge >= 0.3 is 0 Å². The molecule has 2 aliphatic heterocycles. The van der Waals surface area contributed by atoms with E-state index in [2.05, 4.69) is 9.62 Å². The van der Waals surface area contributed by atoms with Crippen LogP contribution in [0, 0.1) is 5.82 Å². The molecule has 2 aliphatic rings. The number of carbonyl (C=O) groups is 1. The number of nitrogens with one attached hydrogen (secondary N) is 1. The lowest BCUT2D eigenvalue weighted by Crippen LogP contribution is -2.49. The Bertz CT molecular complexity index is 1080. The van der Waals surface area contributed by atoms with Gasteiger partial charge in [0.25, 0.3) is 0 Å². The van der Waals surface area contributed by atoms with Crippen molar-refractivity contribution in [3.63, 3.8) is 0 Å². The van der Waals surface area contributed by atoms with Gasteiger partial charge in [0.2, 0.25) is 15.9 Å². The highest BCUT2D eigenvalue weighted by atomic mass is 32.2. The minimum atomic E-state index is -3.80. The fourth-order valence-corrected chi connectivity index (χ4v) is 5.27. The van der Waals surface area contributed by atoms with Crippen LogP contribution in [0.25, 0.3) is 0 Å². The van der Waals surface area contributed by atoms with Crippen molar-refractivity contribution < 1.29 is 32.6 Å². The maximum atomic E-state index is 13.1. The molecule has 2 aromatic rings. The van der Waals surface area contributed by atoms with Crippen molar-refractivity contribution >= 4 is 21.6 Å². The number of piperazine rings is 1. The fraction of sp³-hybridized carbons (Fsp3) is 0.435. The van der Waals surface area contributed by atoms with Crippen molar-refractivity contribution in [1.29, 1.82) is 0 Å². The van der Waals surface area contributed by atoms with E-state index in [1.165, 1.54) is 24.3 Å². The molecule has 0 radical (unpaired) electrons. The highest BCUT2D eigenvalue weighted by Crippen LogP contribution is 2.25. The topological polar surface area (TPSA) is 119 Å². The molecule has 34 heavy (non-hydrogen) atoms. The van der Waals surface area contributed by atoms with E-state index >= 15 is 0 Å². The second kappa shape index (κ2) is 10.4. The molecule has 4 atom stereocenters. The standard InChI is InChI=1S/C23H28FN3O6S/c24-16-6-8-17(9-7-16)26-10-12-27(13-11-26)21(28)14-19-22(29)23(30)20(33-19)15-25-34(31,32)18-4-2-1-3-5-18/h1-9,19-20,22-23,25,29-30H,10-15H2/t19-,20+,22-,23+/m0/s1. The average molecular weight is 494 g/mol. The van der Waals surface area contributed by atoms with E-state index < -0.39 is 34.4 Å². The summed E-state index contributed by atoms with van der Waals surface area (Å²) >= 11 is 0. The molecule has 11 heteroatoms. The molecule has 2 fully saturated rings. The highest BCUT2D eigenvalue weighted by molar-refractivity contribution is 7.89. The van der Waals surface area contributed by atoms with Crippen LogP contribution in [0.15, 0.2) is 59.5 Å². The predicted molar refractivity (Wildman–Crippen MR) is 122 cm³/mol. The normalized spacial score (nSPS) is 25.5. The monoisotopic (exact) mass is 493 g/mol. The third-order valence-corrected chi connectivity index (χ3v) is 7.63. The zero-order valence-electron chi connectivity index (χ0n) is 18.5. The molecule has 0 unspecified atom stereocenters. The molecule has 0 spiro atoms. The van der Waals surface area contributed by atoms with Crippen LogP contribution in [0.4, 0.5) is 10.1 Å². The van der Waals surface area contributed by atoms with Crippen LogP contribution < -0.4 is 9.62 Å². The van der Waals surface area contributed by atoms with Crippen molar-refractivity contribution in [2.75, 3.05) is 37.6 Å². The SMILES string of the molecule is O=C(C[C@@H]1O[C@H](CNS(=O)(=O)c2ccccc2)[C@@H](O)[C@H]1O)N1CCN(c2ccc(F)cc2)CC1. The Morgan fingerprint density at radius 2 is 1.59 bits per heavy atom. The summed E-state index contributed by atoms with van der Waals surface area (Å²) in [7, 11) is -3.80. The Morgan fingerprint density at radius 1 is 0.971 bits per heavy atom. The number of benzene rings is 2. The number of ether oxygens (including phenoxy) is 1. The van der Waals surface area contributed by atoms with E-state index in [1.807, 2.05) is 0 Å². The van der Waals surface area contributed by atoms with Gasteiger partial charge in [0.15, 0.2) is 0 Å². The van der Waals surface area contributed by atoms with Crippen LogP contribution in [0.1, 0.15) is 6.42 Å². The Balaban J connectivity index is 1.28. The lowest BCUT2D eigenvalue weighted by Gasteiger charge is -2.36. The number of halogens is 1. The third-order valence-electron chi connectivity index (χ3n) is 6.19. The van der Waals surface area contributed by atoms with Gasteiger partial charge in [0, 0.05) is 38.4 Å². The largest absolute Gasteiger partial charge is 0.388 e. The zero-order chi connectivity index (χ0) is 24.3. The summed E-state index contributed by atoms with van der Waals surface area (Å²) in [6, 6.07) is 14.0. The molecule has 4 rings (SSSR count). The van der Waals surface area contributed by atoms with Gasteiger partial charge in [-0.15, -0.1) is 0 Å². The number of hydrogen-bond donors (Lipinski definition) is 3. The van der Waals surface area contributed by atoms with E-state index in [1.54, 1.807) is 35.2 Å². The maximum absolute atomic E-state index is 13.1. The van der Waals surface area contributed by atoms with Gasteiger partial charge in [-0.3, -0.25) is 4.79 Å².